The molecular weight excluding hydrogens is 254 g/mol. The third-order valence-corrected chi connectivity index (χ3v) is 2.40. The van der Waals surface area contributed by atoms with E-state index < -0.39 is 0 Å². The van der Waals surface area contributed by atoms with Gasteiger partial charge in [0.05, 0.1) is 22.5 Å². The van der Waals surface area contributed by atoms with Crippen LogP contribution in [0.4, 0.5) is 0 Å². The minimum atomic E-state index is -0.0964. The summed E-state index contributed by atoms with van der Waals surface area (Å²) in [5.41, 5.74) is 0.817. The SMILES string of the molecule is Cn1cc(Br)c(CNC(=O)CS)n1. The molecule has 0 fully saturated rings. The van der Waals surface area contributed by atoms with Crippen molar-refractivity contribution < 1.29 is 4.79 Å². The van der Waals surface area contributed by atoms with E-state index in [-0.39, 0.29) is 11.7 Å². The quantitative estimate of drug-likeness (QED) is 0.791. The van der Waals surface area contributed by atoms with Crippen molar-refractivity contribution in [2.75, 3.05) is 5.75 Å². The second-order valence-electron chi connectivity index (χ2n) is 2.53. The van der Waals surface area contributed by atoms with E-state index in [0.717, 1.165) is 10.2 Å². The van der Waals surface area contributed by atoms with Gasteiger partial charge in [-0.2, -0.15) is 17.7 Å². The van der Waals surface area contributed by atoms with Crippen molar-refractivity contribution in [3.63, 3.8) is 0 Å². The third-order valence-electron chi connectivity index (χ3n) is 1.45. The Kier molecular flexibility index (Phi) is 3.80. The number of hydrogen-bond donors (Lipinski definition) is 2. The van der Waals surface area contributed by atoms with Gasteiger partial charge in [-0.25, -0.2) is 0 Å². The van der Waals surface area contributed by atoms with E-state index in [1.54, 1.807) is 4.68 Å². The van der Waals surface area contributed by atoms with Gasteiger partial charge in [-0.3, -0.25) is 9.48 Å². The molecule has 0 spiro atoms. The number of halogens is 1. The Labute approximate surface area is 90.2 Å². The summed E-state index contributed by atoms with van der Waals surface area (Å²) in [7, 11) is 1.83. The minimum absolute atomic E-state index is 0.0964. The molecule has 0 aliphatic rings. The van der Waals surface area contributed by atoms with E-state index in [0.29, 0.717) is 6.54 Å². The van der Waals surface area contributed by atoms with E-state index in [1.807, 2.05) is 13.2 Å². The van der Waals surface area contributed by atoms with Crippen molar-refractivity contribution in [1.82, 2.24) is 15.1 Å². The summed E-state index contributed by atoms with van der Waals surface area (Å²) < 4.78 is 2.58. The first kappa shape index (κ1) is 10.6. The molecule has 6 heteroatoms. The number of amides is 1. The number of nitrogens with one attached hydrogen (secondary N) is 1. The Morgan fingerprint density at radius 2 is 2.54 bits per heavy atom. The summed E-state index contributed by atoms with van der Waals surface area (Å²) in [5.74, 6) is 0.102. The van der Waals surface area contributed by atoms with Crippen LogP contribution in [-0.4, -0.2) is 21.4 Å². The van der Waals surface area contributed by atoms with Crippen molar-refractivity contribution >= 4 is 34.5 Å². The predicted octanol–water partition coefficient (Wildman–Crippen LogP) is 0.729. The average Bonchev–Trinajstić information content (AvgIpc) is 2.41. The number of carbonyl (C=O) groups excluding carboxylic acids is 1. The largest absolute Gasteiger partial charge is 0.350 e. The van der Waals surface area contributed by atoms with Gasteiger partial charge < -0.3 is 5.32 Å². The molecule has 1 heterocycles. The fourth-order valence-electron chi connectivity index (χ4n) is 0.864. The number of hydrogen-bond acceptors (Lipinski definition) is 3. The van der Waals surface area contributed by atoms with E-state index in [1.165, 1.54) is 0 Å². The van der Waals surface area contributed by atoms with E-state index >= 15 is 0 Å². The van der Waals surface area contributed by atoms with Gasteiger partial charge in [-0.15, -0.1) is 0 Å². The molecule has 1 N–H and O–H groups in total. The van der Waals surface area contributed by atoms with Crippen molar-refractivity contribution in [2.45, 2.75) is 6.54 Å². The smallest absolute Gasteiger partial charge is 0.230 e. The zero-order chi connectivity index (χ0) is 9.84. The van der Waals surface area contributed by atoms with E-state index in [4.69, 9.17) is 0 Å². The minimum Gasteiger partial charge on any atom is -0.350 e. The number of aromatic nitrogens is 2. The van der Waals surface area contributed by atoms with Crippen molar-refractivity contribution in [3.05, 3.63) is 16.4 Å². The number of aryl methyl sites for hydroxylation is 1. The highest BCUT2D eigenvalue weighted by Crippen LogP contribution is 2.13. The maximum Gasteiger partial charge on any atom is 0.230 e. The standard InChI is InChI=1S/C7H10BrN3OS/c1-11-3-5(8)6(10-11)2-9-7(12)4-13/h3,13H,2,4H2,1H3,(H,9,12). The van der Waals surface area contributed by atoms with E-state index in [9.17, 15) is 4.79 Å². The zero-order valence-electron chi connectivity index (χ0n) is 7.12. The number of carbonyl (C=O) groups is 1. The first-order valence-electron chi connectivity index (χ1n) is 3.69. The maximum atomic E-state index is 10.9. The summed E-state index contributed by atoms with van der Waals surface area (Å²) in [6, 6.07) is 0. The number of rotatable bonds is 3. The zero-order valence-corrected chi connectivity index (χ0v) is 9.60. The van der Waals surface area contributed by atoms with Crippen LogP contribution in [0.15, 0.2) is 10.7 Å². The molecular formula is C7H10BrN3OS. The molecule has 1 rings (SSSR count). The Morgan fingerprint density at radius 3 is 3.00 bits per heavy atom. The first-order chi connectivity index (χ1) is 6.13. The lowest BCUT2D eigenvalue weighted by Gasteiger charge is -1.99. The molecule has 0 bridgehead atoms. The molecule has 72 valence electrons. The lowest BCUT2D eigenvalue weighted by Crippen LogP contribution is -2.24. The predicted molar refractivity (Wildman–Crippen MR) is 56.6 cm³/mol. The molecule has 1 aromatic rings. The van der Waals surface area contributed by atoms with Gasteiger partial charge in [0.2, 0.25) is 5.91 Å². The van der Waals surface area contributed by atoms with E-state index in [2.05, 4.69) is 39.0 Å². The maximum absolute atomic E-state index is 10.9. The molecule has 0 unspecified atom stereocenters. The highest BCUT2D eigenvalue weighted by molar-refractivity contribution is 9.10. The summed E-state index contributed by atoms with van der Waals surface area (Å²) in [4.78, 5) is 10.9. The fourth-order valence-corrected chi connectivity index (χ4v) is 1.49. The van der Waals surface area contributed by atoms with Crippen LogP contribution in [-0.2, 0) is 18.4 Å². The van der Waals surface area contributed by atoms with Gasteiger partial charge in [-0.1, -0.05) is 0 Å². The average molecular weight is 264 g/mol. The van der Waals surface area contributed by atoms with Crippen LogP contribution in [0.1, 0.15) is 5.69 Å². The molecule has 1 aromatic heterocycles. The van der Waals surface area contributed by atoms with Crippen LogP contribution in [0.5, 0.6) is 0 Å². The normalized spacial score (nSPS) is 10.1. The van der Waals surface area contributed by atoms with Crippen molar-refractivity contribution in [3.8, 4) is 0 Å². The molecule has 0 saturated carbocycles. The van der Waals surface area contributed by atoms with Crippen LogP contribution < -0.4 is 5.32 Å². The molecule has 0 atom stereocenters. The number of nitrogens with zero attached hydrogens (tertiary/aromatic N) is 2. The van der Waals surface area contributed by atoms with Gasteiger partial charge in [0.25, 0.3) is 0 Å². The molecule has 0 aliphatic carbocycles. The lowest BCUT2D eigenvalue weighted by atomic mass is 10.4. The monoisotopic (exact) mass is 263 g/mol. The Morgan fingerprint density at radius 1 is 1.85 bits per heavy atom. The fraction of sp³-hybridized carbons (Fsp3) is 0.429. The van der Waals surface area contributed by atoms with Crippen LogP contribution in [0, 0.1) is 0 Å². The Balaban J connectivity index is 2.54. The van der Waals surface area contributed by atoms with Crippen molar-refractivity contribution in [2.24, 2.45) is 7.05 Å². The van der Waals surface area contributed by atoms with Crippen LogP contribution in [0.3, 0.4) is 0 Å². The summed E-state index contributed by atoms with van der Waals surface area (Å²) in [5, 5.41) is 6.83. The van der Waals surface area contributed by atoms with Gasteiger partial charge in [0.15, 0.2) is 0 Å². The second kappa shape index (κ2) is 4.66. The van der Waals surface area contributed by atoms with Crippen molar-refractivity contribution in [1.29, 1.82) is 0 Å². The molecule has 1 amide bonds. The molecule has 0 saturated heterocycles. The van der Waals surface area contributed by atoms with Gasteiger partial charge in [0, 0.05) is 13.2 Å². The molecule has 4 nitrogen and oxygen atoms in total. The molecule has 0 aromatic carbocycles. The molecule has 13 heavy (non-hydrogen) atoms. The summed E-state index contributed by atoms with van der Waals surface area (Å²) >= 11 is 7.18. The first-order valence-corrected chi connectivity index (χ1v) is 5.11. The van der Waals surface area contributed by atoms with Gasteiger partial charge in [-0.05, 0) is 15.9 Å². The highest BCUT2D eigenvalue weighted by Gasteiger charge is 2.05. The Hall–Kier alpha value is -0.490. The summed E-state index contributed by atoms with van der Waals surface area (Å²) in [6.07, 6.45) is 1.84. The van der Waals surface area contributed by atoms with Crippen LogP contribution in [0.25, 0.3) is 0 Å². The van der Waals surface area contributed by atoms with Gasteiger partial charge in [0.1, 0.15) is 0 Å². The Bertz CT molecular complexity index is 313. The highest BCUT2D eigenvalue weighted by atomic mass is 79.9. The second-order valence-corrected chi connectivity index (χ2v) is 3.70. The lowest BCUT2D eigenvalue weighted by molar-refractivity contribution is -0.118. The topological polar surface area (TPSA) is 46.9 Å². The van der Waals surface area contributed by atoms with Gasteiger partial charge >= 0.3 is 0 Å². The number of thiol groups is 1. The molecule has 0 aliphatic heterocycles. The van der Waals surface area contributed by atoms with Crippen LogP contribution >= 0.6 is 28.6 Å². The molecule has 0 radical (unpaired) electrons. The summed E-state index contributed by atoms with van der Waals surface area (Å²) in [6.45, 7) is 0.431. The third kappa shape index (κ3) is 3.04. The van der Waals surface area contributed by atoms with Crippen LogP contribution in [0.2, 0.25) is 0 Å².